The molecule has 7 heteroatoms. The molecule has 0 aliphatic heterocycles. The minimum atomic E-state index is -1.06. The standard InChI is InChI=1S/C23H28N2O4S.C2H6/c1-6-8-22(24-4)25-23(26)17-13-19(28-16(3)7-2)15-20(14-17)29-18-9-11-21(12-10-18)30(5)27;1-2/h6,8-16H,7H2,1-5H3,(H,24,25,26);1-2H3/b8-6-;. The third-order valence-corrected chi connectivity index (χ3v) is 5.19. The predicted octanol–water partition coefficient (Wildman–Crippen LogP) is 5.75. The Morgan fingerprint density at radius 3 is 2.28 bits per heavy atom. The van der Waals surface area contributed by atoms with Crippen molar-refractivity contribution in [1.82, 2.24) is 5.32 Å². The van der Waals surface area contributed by atoms with Gasteiger partial charge in [-0.25, -0.2) is 0 Å². The zero-order valence-corrected chi connectivity index (χ0v) is 20.8. The normalized spacial score (nSPS) is 13.0. The Labute approximate surface area is 194 Å². The Kier molecular flexibility index (Phi) is 12.0. The van der Waals surface area contributed by atoms with Crippen molar-refractivity contribution in [2.24, 2.45) is 4.99 Å². The van der Waals surface area contributed by atoms with Gasteiger partial charge in [-0.05, 0) is 62.7 Å². The Bertz CT molecular complexity index is 953. The largest absolute Gasteiger partial charge is 0.491 e. The van der Waals surface area contributed by atoms with Crippen molar-refractivity contribution < 1.29 is 18.5 Å². The molecule has 0 fully saturated rings. The van der Waals surface area contributed by atoms with Crippen LogP contribution in [0.25, 0.3) is 0 Å². The number of allylic oxidation sites excluding steroid dienone is 1. The quantitative estimate of drug-likeness (QED) is 0.403. The van der Waals surface area contributed by atoms with Gasteiger partial charge in [0, 0.05) is 40.6 Å². The zero-order valence-electron chi connectivity index (χ0n) is 20.0. The first kappa shape index (κ1) is 27.1. The number of carbonyl (C=O) groups excluding carboxylic acids is 1. The van der Waals surface area contributed by atoms with Gasteiger partial charge < -0.3 is 14.8 Å². The van der Waals surface area contributed by atoms with Crippen molar-refractivity contribution >= 4 is 22.5 Å². The average Bonchev–Trinajstić information content (AvgIpc) is 2.80. The molecule has 1 N–H and O–H groups in total. The highest BCUT2D eigenvalue weighted by atomic mass is 32.2. The van der Waals surface area contributed by atoms with E-state index in [4.69, 9.17) is 9.47 Å². The van der Waals surface area contributed by atoms with E-state index in [2.05, 4.69) is 10.3 Å². The van der Waals surface area contributed by atoms with Gasteiger partial charge in [0.05, 0.1) is 6.10 Å². The van der Waals surface area contributed by atoms with Gasteiger partial charge in [-0.2, -0.15) is 0 Å². The Morgan fingerprint density at radius 2 is 1.75 bits per heavy atom. The number of hydrogen-bond donors (Lipinski definition) is 1. The van der Waals surface area contributed by atoms with Gasteiger partial charge in [-0.3, -0.25) is 14.0 Å². The maximum absolute atomic E-state index is 12.7. The van der Waals surface area contributed by atoms with Crippen LogP contribution in [-0.2, 0) is 10.8 Å². The summed E-state index contributed by atoms with van der Waals surface area (Å²) in [5, 5.41) is 2.77. The summed E-state index contributed by atoms with van der Waals surface area (Å²) in [7, 11) is 0.552. The van der Waals surface area contributed by atoms with E-state index in [9.17, 15) is 9.00 Å². The number of amidine groups is 1. The zero-order chi connectivity index (χ0) is 24.1. The highest BCUT2D eigenvalue weighted by Gasteiger charge is 2.13. The average molecular weight is 459 g/mol. The van der Waals surface area contributed by atoms with Gasteiger partial charge in [-0.15, -0.1) is 0 Å². The minimum absolute atomic E-state index is 0.00855. The molecule has 1 amide bonds. The second-order valence-corrected chi connectivity index (χ2v) is 8.00. The predicted molar refractivity (Wildman–Crippen MR) is 133 cm³/mol. The highest BCUT2D eigenvalue weighted by Crippen LogP contribution is 2.29. The molecule has 2 aromatic carbocycles. The molecule has 2 rings (SSSR count). The molecule has 0 saturated heterocycles. The van der Waals surface area contributed by atoms with Gasteiger partial charge in [0.1, 0.15) is 23.1 Å². The van der Waals surface area contributed by atoms with Crippen LogP contribution in [0, 0.1) is 0 Å². The summed E-state index contributed by atoms with van der Waals surface area (Å²) in [6.07, 6.45) is 5.96. The van der Waals surface area contributed by atoms with Crippen LogP contribution < -0.4 is 14.8 Å². The van der Waals surface area contributed by atoms with E-state index < -0.39 is 10.8 Å². The number of hydrogen-bond acceptors (Lipinski definition) is 5. The highest BCUT2D eigenvalue weighted by molar-refractivity contribution is 7.84. The summed E-state index contributed by atoms with van der Waals surface area (Å²) in [6, 6.07) is 12.1. The fraction of sp³-hybridized carbons (Fsp3) is 0.360. The Balaban J connectivity index is 0.00000249. The molecular weight excluding hydrogens is 424 g/mol. The molecule has 0 aromatic heterocycles. The molecule has 0 aliphatic carbocycles. The van der Waals surface area contributed by atoms with Gasteiger partial charge in [0.15, 0.2) is 0 Å². The third-order valence-electron chi connectivity index (χ3n) is 4.25. The summed E-state index contributed by atoms with van der Waals surface area (Å²) >= 11 is 0. The fourth-order valence-electron chi connectivity index (χ4n) is 2.50. The molecule has 174 valence electrons. The summed E-state index contributed by atoms with van der Waals surface area (Å²) in [6.45, 7) is 9.84. The van der Waals surface area contributed by atoms with Gasteiger partial charge >= 0.3 is 0 Å². The summed E-state index contributed by atoms with van der Waals surface area (Å²) in [5.74, 6) is 1.72. The van der Waals surface area contributed by atoms with Crippen molar-refractivity contribution in [2.45, 2.75) is 52.0 Å². The number of benzene rings is 2. The molecule has 0 radical (unpaired) electrons. The summed E-state index contributed by atoms with van der Waals surface area (Å²) in [4.78, 5) is 17.5. The second-order valence-electron chi connectivity index (χ2n) is 6.62. The van der Waals surface area contributed by atoms with E-state index >= 15 is 0 Å². The van der Waals surface area contributed by atoms with Crippen LogP contribution in [0.15, 0.2) is 64.5 Å². The molecule has 2 atom stereocenters. The smallest absolute Gasteiger partial charge is 0.257 e. The van der Waals surface area contributed by atoms with Crippen molar-refractivity contribution in [1.29, 1.82) is 0 Å². The van der Waals surface area contributed by atoms with Crippen molar-refractivity contribution in [3.63, 3.8) is 0 Å². The molecule has 2 unspecified atom stereocenters. The SMILES string of the molecule is C/C=C\C(=NC)NC(=O)c1cc(Oc2ccc(S(C)=O)cc2)cc(OC(C)CC)c1.CC. The second kappa shape index (κ2) is 14.2. The van der Waals surface area contributed by atoms with Crippen LogP contribution in [0.2, 0.25) is 0 Å². The van der Waals surface area contributed by atoms with Gasteiger partial charge in [0.2, 0.25) is 0 Å². The number of aliphatic imine (C=N–C) groups is 1. The molecule has 32 heavy (non-hydrogen) atoms. The number of rotatable bonds is 8. The first-order chi connectivity index (χ1) is 15.4. The molecule has 0 heterocycles. The summed E-state index contributed by atoms with van der Waals surface area (Å²) in [5.41, 5.74) is 0.391. The van der Waals surface area contributed by atoms with E-state index in [0.717, 1.165) is 6.42 Å². The van der Waals surface area contributed by atoms with E-state index in [1.165, 1.54) is 0 Å². The van der Waals surface area contributed by atoms with Crippen LogP contribution in [0.1, 0.15) is 51.4 Å². The number of amides is 1. The topological polar surface area (TPSA) is 77.0 Å². The van der Waals surface area contributed by atoms with E-state index in [0.29, 0.717) is 33.5 Å². The van der Waals surface area contributed by atoms with E-state index in [1.807, 2.05) is 34.6 Å². The maximum atomic E-state index is 12.7. The minimum Gasteiger partial charge on any atom is -0.491 e. The molecule has 2 aromatic rings. The van der Waals surface area contributed by atoms with Crippen LogP contribution in [0.5, 0.6) is 17.2 Å². The monoisotopic (exact) mass is 458 g/mol. The first-order valence-electron chi connectivity index (χ1n) is 10.7. The lowest BCUT2D eigenvalue weighted by atomic mass is 10.1. The molecule has 0 bridgehead atoms. The lowest BCUT2D eigenvalue weighted by Gasteiger charge is -2.16. The van der Waals surface area contributed by atoms with Crippen LogP contribution in [0.3, 0.4) is 0 Å². The number of nitrogens with one attached hydrogen (secondary N) is 1. The summed E-state index contributed by atoms with van der Waals surface area (Å²) < 4.78 is 23.4. The first-order valence-corrected chi connectivity index (χ1v) is 12.3. The van der Waals surface area contributed by atoms with Gasteiger partial charge in [0.25, 0.3) is 5.91 Å². The molecule has 0 aliphatic rings. The van der Waals surface area contributed by atoms with Crippen molar-refractivity contribution in [3.8, 4) is 17.2 Å². The third kappa shape index (κ3) is 8.67. The Morgan fingerprint density at radius 1 is 1.12 bits per heavy atom. The lowest BCUT2D eigenvalue weighted by Crippen LogP contribution is -2.29. The van der Waals surface area contributed by atoms with Crippen molar-refractivity contribution in [2.75, 3.05) is 13.3 Å². The van der Waals surface area contributed by atoms with Crippen LogP contribution in [0.4, 0.5) is 0 Å². The van der Waals surface area contributed by atoms with Crippen LogP contribution in [-0.4, -0.2) is 35.4 Å². The maximum Gasteiger partial charge on any atom is 0.257 e. The lowest BCUT2D eigenvalue weighted by molar-refractivity contribution is 0.0976. The Hall–Kier alpha value is -2.93. The van der Waals surface area contributed by atoms with Crippen LogP contribution >= 0.6 is 0 Å². The fourth-order valence-corrected chi connectivity index (χ4v) is 3.02. The van der Waals surface area contributed by atoms with E-state index in [-0.39, 0.29) is 12.0 Å². The molecule has 6 nitrogen and oxygen atoms in total. The van der Waals surface area contributed by atoms with Crippen molar-refractivity contribution in [3.05, 3.63) is 60.2 Å². The number of ether oxygens (including phenoxy) is 2. The number of nitrogens with zero attached hydrogens (tertiary/aromatic N) is 1. The molecule has 0 saturated carbocycles. The van der Waals surface area contributed by atoms with E-state index in [1.54, 1.807) is 67.9 Å². The number of carbonyl (C=O) groups is 1. The van der Waals surface area contributed by atoms with Gasteiger partial charge in [-0.1, -0.05) is 26.8 Å². The molecule has 0 spiro atoms. The molecular formula is C25H34N2O4S.